The molecule has 0 amide bonds. The first-order valence-electron chi connectivity index (χ1n) is 6.79. The maximum atomic E-state index is 5.94. The largest absolute Gasteiger partial charge is 0.399 e. The van der Waals surface area contributed by atoms with Gasteiger partial charge < -0.3 is 5.73 Å². The lowest BCUT2D eigenvalue weighted by Gasteiger charge is -2.19. The number of para-hydroxylation sites is 1. The van der Waals surface area contributed by atoms with E-state index in [4.69, 9.17) is 12.2 Å². The third-order valence-corrected chi connectivity index (χ3v) is 3.50. The highest BCUT2D eigenvalue weighted by Gasteiger charge is 2.23. The summed E-state index contributed by atoms with van der Waals surface area (Å²) in [5, 5.41) is 0. The zero-order valence-electron chi connectivity index (χ0n) is 10.9. The molecule has 2 heteroatoms. The average Bonchev–Trinajstić information content (AvgIpc) is 3.16. The number of aryl methyl sites for hydroxylation is 1. The first-order valence-corrected chi connectivity index (χ1v) is 6.79. The molecule has 1 saturated carbocycles. The first kappa shape index (κ1) is 13.0. The van der Waals surface area contributed by atoms with Crippen molar-refractivity contribution >= 4 is 5.69 Å². The van der Waals surface area contributed by atoms with E-state index in [1.807, 2.05) is 12.1 Å². The van der Waals surface area contributed by atoms with Gasteiger partial charge in [0.2, 0.25) is 0 Å². The van der Waals surface area contributed by atoms with Gasteiger partial charge in [0.15, 0.2) is 0 Å². The summed E-state index contributed by atoms with van der Waals surface area (Å²) in [4.78, 5) is 2.40. The summed E-state index contributed by atoms with van der Waals surface area (Å²) in [5.74, 6) is 3.67. The molecule has 96 valence electrons. The van der Waals surface area contributed by atoms with Crippen molar-refractivity contribution in [3.8, 4) is 12.3 Å². The van der Waals surface area contributed by atoms with Crippen LogP contribution < -0.4 is 5.73 Å². The second-order valence-corrected chi connectivity index (χ2v) is 5.18. The highest BCUT2D eigenvalue weighted by atomic mass is 15.1. The van der Waals surface area contributed by atoms with Gasteiger partial charge >= 0.3 is 0 Å². The highest BCUT2D eigenvalue weighted by Crippen LogP contribution is 2.29. The van der Waals surface area contributed by atoms with Gasteiger partial charge in [0.05, 0.1) is 6.54 Å². The Bertz CT molecular complexity index is 415. The van der Waals surface area contributed by atoms with Crippen molar-refractivity contribution in [3.05, 3.63) is 29.8 Å². The third-order valence-electron chi connectivity index (χ3n) is 3.50. The van der Waals surface area contributed by atoms with Crippen LogP contribution in [0.2, 0.25) is 0 Å². The van der Waals surface area contributed by atoms with Gasteiger partial charge in [0.25, 0.3) is 0 Å². The number of nitrogens with two attached hydrogens (primary N) is 1. The summed E-state index contributed by atoms with van der Waals surface area (Å²) in [5.41, 5.74) is 8.10. The van der Waals surface area contributed by atoms with Crippen molar-refractivity contribution in [2.45, 2.75) is 25.7 Å². The normalized spacial score (nSPS) is 14.7. The number of nitrogens with zero attached hydrogens (tertiary/aromatic N) is 1. The van der Waals surface area contributed by atoms with Crippen LogP contribution >= 0.6 is 0 Å². The standard InChI is InChI=1S/C16H22N2/c1-2-11-18(13-14-9-10-14)12-5-7-15-6-3-4-8-16(15)17/h1,3-4,6,8,14H,5,7,9-13,17H2. The van der Waals surface area contributed by atoms with Crippen molar-refractivity contribution in [1.82, 2.24) is 4.90 Å². The van der Waals surface area contributed by atoms with Crippen LogP contribution in [0, 0.1) is 18.3 Å². The van der Waals surface area contributed by atoms with E-state index >= 15 is 0 Å². The molecule has 0 heterocycles. The molecular weight excluding hydrogens is 220 g/mol. The van der Waals surface area contributed by atoms with Gasteiger partial charge in [0.1, 0.15) is 0 Å². The second kappa shape index (κ2) is 6.47. The van der Waals surface area contributed by atoms with Gasteiger partial charge in [-0.25, -0.2) is 0 Å². The zero-order chi connectivity index (χ0) is 12.8. The maximum absolute atomic E-state index is 5.94. The highest BCUT2D eigenvalue weighted by molar-refractivity contribution is 5.46. The molecule has 0 atom stereocenters. The van der Waals surface area contributed by atoms with Gasteiger partial charge in [-0.15, -0.1) is 6.42 Å². The SMILES string of the molecule is C#CCN(CCCc1ccccc1N)CC1CC1. The molecule has 0 bridgehead atoms. The smallest absolute Gasteiger partial charge is 0.0599 e. The molecule has 1 aliphatic rings. The Morgan fingerprint density at radius 3 is 2.78 bits per heavy atom. The summed E-state index contributed by atoms with van der Waals surface area (Å²) in [6, 6.07) is 8.12. The van der Waals surface area contributed by atoms with E-state index in [9.17, 15) is 0 Å². The molecule has 0 saturated heterocycles. The molecule has 18 heavy (non-hydrogen) atoms. The number of terminal acetylenes is 1. The van der Waals surface area contributed by atoms with E-state index in [0.29, 0.717) is 0 Å². The van der Waals surface area contributed by atoms with E-state index in [2.05, 4.69) is 23.0 Å². The predicted molar refractivity (Wildman–Crippen MR) is 77.2 cm³/mol. The van der Waals surface area contributed by atoms with E-state index in [1.54, 1.807) is 0 Å². The summed E-state index contributed by atoms with van der Waals surface area (Å²) >= 11 is 0. The van der Waals surface area contributed by atoms with Crippen LogP contribution in [-0.2, 0) is 6.42 Å². The lowest BCUT2D eigenvalue weighted by molar-refractivity contribution is 0.291. The third kappa shape index (κ3) is 4.09. The molecule has 2 rings (SSSR count). The van der Waals surface area contributed by atoms with Crippen molar-refractivity contribution in [1.29, 1.82) is 0 Å². The van der Waals surface area contributed by atoms with Crippen molar-refractivity contribution < 1.29 is 0 Å². The van der Waals surface area contributed by atoms with Gasteiger partial charge in [-0.1, -0.05) is 24.1 Å². The van der Waals surface area contributed by atoms with E-state index in [-0.39, 0.29) is 0 Å². The Morgan fingerprint density at radius 1 is 1.33 bits per heavy atom. The Balaban J connectivity index is 1.75. The minimum Gasteiger partial charge on any atom is -0.399 e. The number of rotatable bonds is 7. The molecule has 0 aliphatic heterocycles. The summed E-state index contributed by atoms with van der Waals surface area (Å²) in [6.07, 6.45) is 10.4. The zero-order valence-corrected chi connectivity index (χ0v) is 10.9. The maximum Gasteiger partial charge on any atom is 0.0599 e. The second-order valence-electron chi connectivity index (χ2n) is 5.18. The van der Waals surface area contributed by atoms with E-state index in [1.165, 1.54) is 24.9 Å². The summed E-state index contributed by atoms with van der Waals surface area (Å²) in [7, 11) is 0. The molecule has 2 N–H and O–H groups in total. The van der Waals surface area contributed by atoms with Crippen LogP contribution in [-0.4, -0.2) is 24.5 Å². The molecule has 2 nitrogen and oxygen atoms in total. The number of hydrogen-bond donors (Lipinski definition) is 1. The lowest BCUT2D eigenvalue weighted by Crippen LogP contribution is -2.27. The van der Waals surface area contributed by atoms with E-state index < -0.39 is 0 Å². The van der Waals surface area contributed by atoms with Crippen LogP contribution in [0.1, 0.15) is 24.8 Å². The minimum atomic E-state index is 0.779. The van der Waals surface area contributed by atoms with Crippen molar-refractivity contribution in [3.63, 3.8) is 0 Å². The van der Waals surface area contributed by atoms with Crippen LogP contribution in [0.3, 0.4) is 0 Å². The fraction of sp³-hybridized carbons (Fsp3) is 0.500. The Hall–Kier alpha value is -1.46. The number of hydrogen-bond acceptors (Lipinski definition) is 2. The Morgan fingerprint density at radius 2 is 2.11 bits per heavy atom. The van der Waals surface area contributed by atoms with Gasteiger partial charge in [-0.3, -0.25) is 4.90 Å². The Kier molecular flexibility index (Phi) is 4.66. The molecule has 1 aromatic rings. The number of benzene rings is 1. The van der Waals surface area contributed by atoms with Crippen LogP contribution in [0.4, 0.5) is 5.69 Å². The molecule has 0 unspecified atom stereocenters. The van der Waals surface area contributed by atoms with E-state index in [0.717, 1.165) is 37.5 Å². The Labute approximate surface area is 110 Å². The van der Waals surface area contributed by atoms with Gasteiger partial charge in [0, 0.05) is 12.2 Å². The summed E-state index contributed by atoms with van der Waals surface area (Å²) < 4.78 is 0. The topological polar surface area (TPSA) is 29.3 Å². The molecule has 0 spiro atoms. The van der Waals surface area contributed by atoms with Crippen molar-refractivity contribution in [2.24, 2.45) is 5.92 Å². The minimum absolute atomic E-state index is 0.779. The van der Waals surface area contributed by atoms with Crippen LogP contribution in [0.15, 0.2) is 24.3 Å². The fourth-order valence-corrected chi connectivity index (χ4v) is 2.28. The first-order chi connectivity index (χ1) is 8.79. The molecule has 0 radical (unpaired) electrons. The van der Waals surface area contributed by atoms with Crippen molar-refractivity contribution in [2.75, 3.05) is 25.4 Å². The number of anilines is 1. The molecule has 0 aromatic heterocycles. The fourth-order valence-electron chi connectivity index (χ4n) is 2.28. The van der Waals surface area contributed by atoms with Crippen LogP contribution in [0.25, 0.3) is 0 Å². The monoisotopic (exact) mass is 242 g/mol. The molecule has 1 aromatic carbocycles. The van der Waals surface area contributed by atoms with Gasteiger partial charge in [-0.2, -0.15) is 0 Å². The summed E-state index contributed by atoms with van der Waals surface area (Å²) in [6.45, 7) is 3.03. The molecular formula is C16H22N2. The average molecular weight is 242 g/mol. The molecule has 1 aliphatic carbocycles. The quantitative estimate of drug-likeness (QED) is 0.588. The van der Waals surface area contributed by atoms with Gasteiger partial charge in [-0.05, 0) is 49.8 Å². The predicted octanol–water partition coefficient (Wildman–Crippen LogP) is 2.55. The molecule has 1 fully saturated rings. The van der Waals surface area contributed by atoms with Crippen LogP contribution in [0.5, 0.6) is 0 Å². The lowest BCUT2D eigenvalue weighted by atomic mass is 10.1. The number of nitrogen functional groups attached to an aromatic ring is 1.